The molecule has 0 unspecified atom stereocenters. The highest BCUT2D eigenvalue weighted by Crippen LogP contribution is 2.44. The molecule has 2 aliphatic carbocycles. The molecule has 1 aromatic rings. The lowest BCUT2D eigenvalue weighted by molar-refractivity contribution is -0.120. The number of benzene rings is 1. The molecular weight excluding hydrogens is 302 g/mol. The Morgan fingerprint density at radius 3 is 2.88 bits per heavy atom. The van der Waals surface area contributed by atoms with Crippen molar-refractivity contribution in [3.05, 3.63) is 36.4 Å². The van der Waals surface area contributed by atoms with Crippen LogP contribution >= 0.6 is 0 Å². The van der Waals surface area contributed by atoms with Crippen molar-refractivity contribution < 1.29 is 14.3 Å². The van der Waals surface area contributed by atoms with Gasteiger partial charge in [-0.25, -0.2) is 0 Å². The Morgan fingerprint density at radius 1 is 1.21 bits per heavy atom. The Labute approximate surface area is 143 Å². The number of amides is 1. The predicted molar refractivity (Wildman–Crippen MR) is 93.0 cm³/mol. The summed E-state index contributed by atoms with van der Waals surface area (Å²) in [6, 6.07) is 7.70. The molecule has 128 valence electrons. The van der Waals surface area contributed by atoms with E-state index in [1.807, 2.05) is 24.3 Å². The van der Waals surface area contributed by atoms with Crippen molar-refractivity contribution in [1.82, 2.24) is 0 Å². The number of carbonyl (C=O) groups is 1. The van der Waals surface area contributed by atoms with E-state index in [-0.39, 0.29) is 17.9 Å². The smallest absolute Gasteiger partial charge is 0.228 e. The van der Waals surface area contributed by atoms with E-state index >= 15 is 0 Å². The Kier molecular flexibility index (Phi) is 4.56. The van der Waals surface area contributed by atoms with Crippen molar-refractivity contribution in [1.29, 1.82) is 0 Å². The Hall–Kier alpha value is -1.81. The molecule has 4 nitrogen and oxygen atoms in total. The van der Waals surface area contributed by atoms with E-state index in [2.05, 4.69) is 17.5 Å². The van der Waals surface area contributed by atoms with E-state index in [9.17, 15) is 4.79 Å². The maximum absolute atomic E-state index is 12.6. The van der Waals surface area contributed by atoms with Gasteiger partial charge in [-0.3, -0.25) is 4.79 Å². The van der Waals surface area contributed by atoms with Gasteiger partial charge in [-0.2, -0.15) is 0 Å². The highest BCUT2D eigenvalue weighted by atomic mass is 16.5. The number of anilines is 1. The average Bonchev–Trinajstić information content (AvgIpc) is 3.25. The summed E-state index contributed by atoms with van der Waals surface area (Å²) >= 11 is 0. The van der Waals surface area contributed by atoms with Crippen LogP contribution in [0.1, 0.15) is 32.1 Å². The van der Waals surface area contributed by atoms with Gasteiger partial charge in [-0.05, 0) is 56.1 Å². The van der Waals surface area contributed by atoms with Crippen molar-refractivity contribution in [2.75, 3.05) is 18.5 Å². The van der Waals surface area contributed by atoms with E-state index in [0.717, 1.165) is 43.7 Å². The van der Waals surface area contributed by atoms with Gasteiger partial charge >= 0.3 is 0 Å². The van der Waals surface area contributed by atoms with Crippen LogP contribution in [-0.2, 0) is 9.53 Å². The standard InChI is InChI=1S/C20H25NO3/c22-20(17-12-14-8-9-15(17)11-14)21-18-6-1-2-7-19(18)24-13-16-5-3-4-10-23-16/h1-2,6-9,14-17H,3-5,10-13H2,(H,21,22)/t14-,15+,16+,17-/m1/s1. The molecule has 4 rings (SSSR count). The first-order valence-electron chi connectivity index (χ1n) is 9.12. The summed E-state index contributed by atoms with van der Waals surface area (Å²) in [6.07, 6.45) is 10.1. The van der Waals surface area contributed by atoms with Crippen molar-refractivity contribution >= 4 is 11.6 Å². The molecule has 0 radical (unpaired) electrons. The fourth-order valence-corrected chi connectivity index (χ4v) is 4.12. The van der Waals surface area contributed by atoms with Crippen molar-refractivity contribution in [2.24, 2.45) is 17.8 Å². The number of hydrogen-bond donors (Lipinski definition) is 1. The fraction of sp³-hybridized carbons (Fsp3) is 0.550. The number of rotatable bonds is 5. The van der Waals surface area contributed by atoms with Gasteiger partial charge in [0.1, 0.15) is 12.4 Å². The summed E-state index contributed by atoms with van der Waals surface area (Å²) < 4.78 is 11.7. The molecule has 1 heterocycles. The molecule has 4 atom stereocenters. The van der Waals surface area contributed by atoms with Gasteiger partial charge in [-0.1, -0.05) is 24.3 Å². The summed E-state index contributed by atoms with van der Waals surface area (Å²) in [5.41, 5.74) is 0.769. The zero-order chi connectivity index (χ0) is 16.4. The Bertz CT molecular complexity index is 621. The highest BCUT2D eigenvalue weighted by Gasteiger charge is 2.39. The molecule has 3 aliphatic rings. The quantitative estimate of drug-likeness (QED) is 0.837. The number of hydrogen-bond acceptors (Lipinski definition) is 3. The molecule has 0 aromatic heterocycles. The third kappa shape index (κ3) is 3.34. The van der Waals surface area contributed by atoms with Crippen LogP contribution in [0.15, 0.2) is 36.4 Å². The van der Waals surface area contributed by atoms with Crippen LogP contribution in [0.4, 0.5) is 5.69 Å². The van der Waals surface area contributed by atoms with Crippen LogP contribution in [0, 0.1) is 17.8 Å². The molecule has 0 spiro atoms. The second-order valence-electron chi connectivity index (χ2n) is 7.17. The van der Waals surface area contributed by atoms with Gasteiger partial charge < -0.3 is 14.8 Å². The average molecular weight is 327 g/mol. The molecule has 2 fully saturated rings. The van der Waals surface area contributed by atoms with Crippen LogP contribution in [0.25, 0.3) is 0 Å². The Morgan fingerprint density at radius 2 is 2.12 bits per heavy atom. The lowest BCUT2D eigenvalue weighted by Gasteiger charge is -2.23. The van der Waals surface area contributed by atoms with Gasteiger partial charge in [-0.15, -0.1) is 0 Å². The summed E-state index contributed by atoms with van der Waals surface area (Å²) in [7, 11) is 0. The van der Waals surface area contributed by atoms with Crippen molar-refractivity contribution in [3.8, 4) is 5.75 Å². The largest absolute Gasteiger partial charge is 0.489 e. The third-order valence-electron chi connectivity index (χ3n) is 5.46. The van der Waals surface area contributed by atoms with E-state index < -0.39 is 0 Å². The van der Waals surface area contributed by atoms with Gasteiger partial charge in [0.15, 0.2) is 0 Å². The maximum atomic E-state index is 12.6. The minimum atomic E-state index is 0.106. The van der Waals surface area contributed by atoms with E-state index in [1.165, 1.54) is 6.42 Å². The first-order chi connectivity index (χ1) is 11.8. The molecule has 2 bridgehead atoms. The molecule has 1 N–H and O–H groups in total. The highest BCUT2D eigenvalue weighted by molar-refractivity contribution is 5.94. The molecule has 1 amide bonds. The van der Waals surface area contributed by atoms with Crippen LogP contribution in [0.2, 0.25) is 0 Å². The first-order valence-corrected chi connectivity index (χ1v) is 9.12. The molecular formula is C20H25NO3. The number of allylic oxidation sites excluding steroid dienone is 2. The molecule has 4 heteroatoms. The molecule has 1 aromatic carbocycles. The number of ether oxygens (including phenoxy) is 2. The Balaban J connectivity index is 1.38. The second kappa shape index (κ2) is 6.98. The molecule has 24 heavy (non-hydrogen) atoms. The second-order valence-corrected chi connectivity index (χ2v) is 7.17. The van der Waals surface area contributed by atoms with Crippen molar-refractivity contribution in [2.45, 2.75) is 38.2 Å². The normalized spacial score (nSPS) is 31.2. The fourth-order valence-electron chi connectivity index (χ4n) is 4.12. The van der Waals surface area contributed by atoms with E-state index in [4.69, 9.17) is 9.47 Å². The van der Waals surface area contributed by atoms with Crippen LogP contribution in [0.3, 0.4) is 0 Å². The molecule has 1 aliphatic heterocycles. The number of fused-ring (bicyclic) bond motifs is 2. The van der Waals surface area contributed by atoms with Gasteiger partial charge in [0.2, 0.25) is 5.91 Å². The summed E-state index contributed by atoms with van der Waals surface area (Å²) in [5.74, 6) is 1.98. The van der Waals surface area contributed by atoms with Gasteiger partial charge in [0.25, 0.3) is 0 Å². The lowest BCUT2D eigenvalue weighted by Crippen LogP contribution is -2.27. The lowest BCUT2D eigenvalue weighted by atomic mass is 9.93. The van der Waals surface area contributed by atoms with E-state index in [1.54, 1.807) is 0 Å². The van der Waals surface area contributed by atoms with E-state index in [0.29, 0.717) is 18.4 Å². The van der Waals surface area contributed by atoms with Crippen LogP contribution < -0.4 is 10.1 Å². The summed E-state index contributed by atoms with van der Waals surface area (Å²) in [4.78, 5) is 12.6. The molecule has 1 saturated heterocycles. The first kappa shape index (κ1) is 15.7. The topological polar surface area (TPSA) is 47.6 Å². The summed E-state index contributed by atoms with van der Waals surface area (Å²) in [5, 5.41) is 3.09. The number of para-hydroxylation sites is 2. The summed E-state index contributed by atoms with van der Waals surface area (Å²) in [6.45, 7) is 1.37. The third-order valence-corrected chi connectivity index (χ3v) is 5.46. The zero-order valence-electron chi connectivity index (χ0n) is 13.9. The van der Waals surface area contributed by atoms with Crippen molar-refractivity contribution in [3.63, 3.8) is 0 Å². The van der Waals surface area contributed by atoms with Crippen LogP contribution in [-0.4, -0.2) is 25.2 Å². The SMILES string of the molecule is O=C(Nc1ccccc1OC[C@@H]1CCCCO1)[C@@H]1C[C@@H]2C=C[C@H]1C2. The molecule has 1 saturated carbocycles. The maximum Gasteiger partial charge on any atom is 0.228 e. The van der Waals surface area contributed by atoms with Gasteiger partial charge in [0.05, 0.1) is 11.8 Å². The number of carbonyl (C=O) groups excluding carboxylic acids is 1. The minimum Gasteiger partial charge on any atom is -0.489 e. The minimum absolute atomic E-state index is 0.106. The van der Waals surface area contributed by atoms with Crippen LogP contribution in [0.5, 0.6) is 5.75 Å². The number of nitrogens with one attached hydrogen (secondary N) is 1. The zero-order valence-corrected chi connectivity index (χ0v) is 13.9. The predicted octanol–water partition coefficient (Wildman–Crippen LogP) is 3.79. The monoisotopic (exact) mass is 327 g/mol. The van der Waals surface area contributed by atoms with Gasteiger partial charge in [0, 0.05) is 12.5 Å².